The lowest BCUT2D eigenvalue weighted by molar-refractivity contribution is 0.0725. The summed E-state index contributed by atoms with van der Waals surface area (Å²) in [5.41, 5.74) is 0.743. The van der Waals surface area contributed by atoms with Crippen LogP contribution in [0.4, 0.5) is 0 Å². The zero-order valence-electron chi connectivity index (χ0n) is 10.6. The molecule has 0 saturated heterocycles. The molecule has 1 nitrogen and oxygen atoms in total. The normalized spacial score (nSPS) is 32.1. The molecule has 1 saturated carbocycles. The van der Waals surface area contributed by atoms with Gasteiger partial charge in [0.1, 0.15) is 0 Å². The van der Waals surface area contributed by atoms with Crippen LogP contribution in [0.3, 0.4) is 0 Å². The van der Waals surface area contributed by atoms with E-state index >= 15 is 0 Å². The van der Waals surface area contributed by atoms with Crippen LogP contribution in [0.5, 0.6) is 0 Å². The molecule has 2 atom stereocenters. The Morgan fingerprint density at radius 1 is 1.33 bits per heavy atom. The second-order valence-corrected chi connectivity index (χ2v) is 5.41. The highest BCUT2D eigenvalue weighted by Gasteiger charge is 2.28. The largest absolute Gasteiger partial charge is 0.386 e. The van der Waals surface area contributed by atoms with E-state index in [9.17, 15) is 5.11 Å². The Balaban J connectivity index is 2.54. The molecule has 1 rings (SSSR count). The molecule has 0 aromatic heterocycles. The van der Waals surface area contributed by atoms with Crippen molar-refractivity contribution in [2.75, 3.05) is 0 Å². The van der Waals surface area contributed by atoms with Crippen LogP contribution >= 0.6 is 0 Å². The summed E-state index contributed by atoms with van der Waals surface area (Å²) >= 11 is 0. The Morgan fingerprint density at radius 3 is 2.67 bits per heavy atom. The minimum Gasteiger partial charge on any atom is -0.386 e. The van der Waals surface area contributed by atoms with Gasteiger partial charge in [-0.2, -0.15) is 0 Å². The number of hydrogen-bond donors (Lipinski definition) is 1. The second-order valence-electron chi connectivity index (χ2n) is 5.41. The molecular formula is C14H26O. The van der Waals surface area contributed by atoms with E-state index in [1.807, 2.05) is 0 Å². The van der Waals surface area contributed by atoms with Gasteiger partial charge in [0, 0.05) is 0 Å². The quantitative estimate of drug-likeness (QED) is 0.550. The zero-order chi connectivity index (χ0) is 11.3. The highest BCUT2D eigenvalue weighted by Crippen LogP contribution is 2.33. The first-order valence-corrected chi connectivity index (χ1v) is 6.44. The van der Waals surface area contributed by atoms with Gasteiger partial charge in [-0.15, -0.1) is 0 Å². The molecule has 0 heterocycles. The lowest BCUT2D eigenvalue weighted by Crippen LogP contribution is -2.25. The Hall–Kier alpha value is -0.300. The molecule has 2 unspecified atom stereocenters. The van der Waals surface area contributed by atoms with Crippen LogP contribution in [-0.2, 0) is 0 Å². The minimum atomic E-state index is -0.499. The smallest absolute Gasteiger partial charge is 0.0830 e. The predicted octanol–water partition coefficient (Wildman–Crippen LogP) is 4.06. The van der Waals surface area contributed by atoms with Crippen molar-refractivity contribution >= 4 is 0 Å². The molecule has 1 N–H and O–H groups in total. The van der Waals surface area contributed by atoms with Crippen LogP contribution in [0, 0.1) is 5.92 Å². The van der Waals surface area contributed by atoms with E-state index < -0.39 is 5.60 Å². The first kappa shape index (κ1) is 12.8. The van der Waals surface area contributed by atoms with Crippen LogP contribution in [0.2, 0.25) is 0 Å². The average molecular weight is 210 g/mol. The average Bonchev–Trinajstić information content (AvgIpc) is 2.28. The Labute approximate surface area is 94.6 Å². The third-order valence-electron chi connectivity index (χ3n) is 3.46. The van der Waals surface area contributed by atoms with Crippen LogP contribution in [0.1, 0.15) is 65.7 Å². The zero-order valence-corrected chi connectivity index (χ0v) is 10.6. The third kappa shape index (κ3) is 4.38. The molecule has 15 heavy (non-hydrogen) atoms. The number of aliphatic hydroxyl groups is 1. The molecule has 0 radical (unpaired) electrons. The SMILES string of the molecule is CCCC1CCCC(O)(C=C(C)C)CC1. The minimum absolute atomic E-state index is 0.499. The molecule has 0 aromatic rings. The van der Waals surface area contributed by atoms with Crippen LogP contribution in [0.15, 0.2) is 11.6 Å². The summed E-state index contributed by atoms with van der Waals surface area (Å²) in [4.78, 5) is 0. The van der Waals surface area contributed by atoms with E-state index in [-0.39, 0.29) is 0 Å². The van der Waals surface area contributed by atoms with Gasteiger partial charge in [-0.25, -0.2) is 0 Å². The lowest BCUT2D eigenvalue weighted by atomic mass is 9.91. The Kier molecular flexibility index (Phi) is 4.85. The predicted molar refractivity (Wildman–Crippen MR) is 65.9 cm³/mol. The summed E-state index contributed by atoms with van der Waals surface area (Å²) in [5, 5.41) is 10.4. The third-order valence-corrected chi connectivity index (χ3v) is 3.46. The molecule has 1 fully saturated rings. The Morgan fingerprint density at radius 2 is 2.07 bits per heavy atom. The monoisotopic (exact) mass is 210 g/mol. The first-order valence-electron chi connectivity index (χ1n) is 6.44. The van der Waals surface area contributed by atoms with Crippen molar-refractivity contribution in [1.82, 2.24) is 0 Å². The Bertz CT molecular complexity index is 215. The van der Waals surface area contributed by atoms with Crippen LogP contribution in [0.25, 0.3) is 0 Å². The summed E-state index contributed by atoms with van der Waals surface area (Å²) in [5.74, 6) is 0.856. The summed E-state index contributed by atoms with van der Waals surface area (Å²) in [6, 6.07) is 0. The molecule has 0 aliphatic heterocycles. The topological polar surface area (TPSA) is 20.2 Å². The molecule has 0 bridgehead atoms. The maximum Gasteiger partial charge on any atom is 0.0830 e. The van der Waals surface area contributed by atoms with Crippen LogP contribution in [-0.4, -0.2) is 10.7 Å². The van der Waals surface area contributed by atoms with Gasteiger partial charge in [-0.1, -0.05) is 37.8 Å². The van der Waals surface area contributed by atoms with Crippen molar-refractivity contribution in [1.29, 1.82) is 0 Å². The van der Waals surface area contributed by atoms with Crippen molar-refractivity contribution in [3.05, 3.63) is 11.6 Å². The van der Waals surface area contributed by atoms with E-state index in [1.165, 1.54) is 37.7 Å². The molecule has 0 spiro atoms. The van der Waals surface area contributed by atoms with E-state index in [0.717, 1.165) is 18.8 Å². The van der Waals surface area contributed by atoms with Gasteiger partial charge in [0.2, 0.25) is 0 Å². The van der Waals surface area contributed by atoms with E-state index in [1.54, 1.807) is 0 Å². The van der Waals surface area contributed by atoms with Gasteiger partial charge in [0.05, 0.1) is 5.60 Å². The maximum atomic E-state index is 10.4. The molecule has 88 valence electrons. The van der Waals surface area contributed by atoms with Gasteiger partial charge in [0.25, 0.3) is 0 Å². The highest BCUT2D eigenvalue weighted by molar-refractivity contribution is 5.07. The van der Waals surface area contributed by atoms with Gasteiger partial charge in [-0.3, -0.25) is 0 Å². The lowest BCUT2D eigenvalue weighted by Gasteiger charge is -2.23. The van der Waals surface area contributed by atoms with Crippen molar-refractivity contribution in [2.24, 2.45) is 5.92 Å². The number of rotatable bonds is 3. The summed E-state index contributed by atoms with van der Waals surface area (Å²) in [7, 11) is 0. The van der Waals surface area contributed by atoms with Gasteiger partial charge in [-0.05, 0) is 45.4 Å². The number of hydrogen-bond acceptors (Lipinski definition) is 1. The molecule has 0 amide bonds. The maximum absolute atomic E-state index is 10.4. The van der Waals surface area contributed by atoms with Crippen molar-refractivity contribution in [2.45, 2.75) is 71.3 Å². The summed E-state index contributed by atoms with van der Waals surface area (Å²) < 4.78 is 0. The standard InChI is InChI=1S/C14H26O/c1-4-6-13-7-5-9-14(15,10-8-13)11-12(2)3/h11,13,15H,4-10H2,1-3H3. The molecule has 1 aliphatic carbocycles. The van der Waals surface area contributed by atoms with Crippen LogP contribution < -0.4 is 0 Å². The first-order chi connectivity index (χ1) is 7.06. The van der Waals surface area contributed by atoms with Crippen molar-refractivity contribution in [3.63, 3.8) is 0 Å². The highest BCUT2D eigenvalue weighted by atomic mass is 16.3. The van der Waals surface area contributed by atoms with Crippen molar-refractivity contribution < 1.29 is 5.11 Å². The number of allylic oxidation sites excluding steroid dienone is 1. The molecule has 0 aromatic carbocycles. The van der Waals surface area contributed by atoms with Gasteiger partial charge in [0.15, 0.2) is 0 Å². The van der Waals surface area contributed by atoms with Gasteiger partial charge < -0.3 is 5.11 Å². The summed E-state index contributed by atoms with van der Waals surface area (Å²) in [6.45, 7) is 6.41. The molecule has 1 aliphatic rings. The molecule has 1 heteroatoms. The van der Waals surface area contributed by atoms with E-state index in [2.05, 4.69) is 26.8 Å². The second kappa shape index (κ2) is 5.69. The van der Waals surface area contributed by atoms with E-state index in [4.69, 9.17) is 0 Å². The fourth-order valence-electron chi connectivity index (χ4n) is 2.80. The fraction of sp³-hybridized carbons (Fsp3) is 0.857. The van der Waals surface area contributed by atoms with Gasteiger partial charge >= 0.3 is 0 Å². The summed E-state index contributed by atoms with van der Waals surface area (Å²) in [6.07, 6.45) is 10.3. The molecular weight excluding hydrogens is 184 g/mol. The van der Waals surface area contributed by atoms with Crippen molar-refractivity contribution in [3.8, 4) is 0 Å². The van der Waals surface area contributed by atoms with E-state index in [0.29, 0.717) is 0 Å². The fourth-order valence-corrected chi connectivity index (χ4v) is 2.80.